The maximum absolute atomic E-state index is 15.5. The molecule has 1 N–H and O–H groups in total. The zero-order valence-electron chi connectivity index (χ0n) is 17.8. The molecular weight excluding hydrogens is 511 g/mol. The van der Waals surface area contributed by atoms with Gasteiger partial charge in [-0.25, -0.2) is 13.6 Å². The van der Waals surface area contributed by atoms with Gasteiger partial charge in [0, 0.05) is 5.39 Å². The molecule has 180 valence electrons. The van der Waals surface area contributed by atoms with Gasteiger partial charge in [0.05, 0.1) is 22.0 Å². The van der Waals surface area contributed by atoms with Crippen LogP contribution in [0.3, 0.4) is 0 Å². The minimum atomic E-state index is -4.66. The SMILES string of the molecule is CCc1c(S(=O)(=O)N(C(=O)O)C(C)(C)C)sc2c(F)c(OCCCl)c(OCCCl)c(F)c12. The van der Waals surface area contributed by atoms with Gasteiger partial charge >= 0.3 is 6.09 Å². The van der Waals surface area contributed by atoms with E-state index in [-0.39, 0.29) is 51.3 Å². The van der Waals surface area contributed by atoms with Gasteiger partial charge in [-0.2, -0.15) is 12.7 Å². The highest BCUT2D eigenvalue weighted by Crippen LogP contribution is 2.47. The van der Waals surface area contributed by atoms with Gasteiger partial charge in [-0.3, -0.25) is 0 Å². The van der Waals surface area contributed by atoms with Crippen LogP contribution in [-0.4, -0.2) is 54.4 Å². The van der Waals surface area contributed by atoms with Crippen LogP contribution in [0.25, 0.3) is 10.1 Å². The van der Waals surface area contributed by atoms with Crippen LogP contribution in [0.1, 0.15) is 33.3 Å². The molecule has 0 unspecified atom stereocenters. The molecule has 0 aliphatic carbocycles. The quantitative estimate of drug-likeness (QED) is 0.431. The molecule has 1 aromatic carbocycles. The number of carboxylic acid groups (broad SMARTS) is 1. The van der Waals surface area contributed by atoms with E-state index in [0.717, 1.165) is 0 Å². The van der Waals surface area contributed by atoms with Crippen molar-refractivity contribution in [1.82, 2.24) is 4.31 Å². The summed E-state index contributed by atoms with van der Waals surface area (Å²) in [6.45, 7) is 5.43. The van der Waals surface area contributed by atoms with Crippen LogP contribution in [0.2, 0.25) is 0 Å². The number of amides is 1. The van der Waals surface area contributed by atoms with Crippen molar-refractivity contribution >= 4 is 60.7 Å². The summed E-state index contributed by atoms with van der Waals surface area (Å²) in [7, 11) is -4.66. The molecule has 0 radical (unpaired) electrons. The molecule has 7 nitrogen and oxygen atoms in total. The second-order valence-electron chi connectivity index (χ2n) is 7.51. The normalized spacial score (nSPS) is 12.2. The molecule has 1 heterocycles. The Morgan fingerprint density at radius 3 is 2.00 bits per heavy atom. The Morgan fingerprint density at radius 2 is 1.59 bits per heavy atom. The van der Waals surface area contributed by atoms with Gasteiger partial charge in [-0.15, -0.1) is 34.5 Å². The molecule has 13 heteroatoms. The number of sulfonamides is 1. The number of hydrogen-bond donors (Lipinski definition) is 1. The fraction of sp³-hybridized carbons (Fsp3) is 0.526. The average molecular weight is 534 g/mol. The van der Waals surface area contributed by atoms with Crippen LogP contribution < -0.4 is 9.47 Å². The summed E-state index contributed by atoms with van der Waals surface area (Å²) in [6.07, 6.45) is -1.73. The first-order valence-electron chi connectivity index (χ1n) is 9.46. The van der Waals surface area contributed by atoms with Gasteiger partial charge in [-0.1, -0.05) is 6.92 Å². The number of nitrogens with zero attached hydrogens (tertiary/aromatic N) is 1. The molecule has 0 aliphatic heterocycles. The van der Waals surface area contributed by atoms with E-state index in [0.29, 0.717) is 11.3 Å². The van der Waals surface area contributed by atoms with Gasteiger partial charge in [-0.05, 0) is 32.8 Å². The maximum Gasteiger partial charge on any atom is 0.421 e. The van der Waals surface area contributed by atoms with Crippen molar-refractivity contribution in [2.24, 2.45) is 0 Å². The van der Waals surface area contributed by atoms with Gasteiger partial charge < -0.3 is 14.6 Å². The van der Waals surface area contributed by atoms with Gasteiger partial charge in [0.15, 0.2) is 11.6 Å². The van der Waals surface area contributed by atoms with Gasteiger partial charge in [0.2, 0.25) is 11.5 Å². The lowest BCUT2D eigenvalue weighted by molar-refractivity contribution is 0.146. The molecule has 0 atom stereocenters. The van der Waals surface area contributed by atoms with E-state index in [1.54, 1.807) is 6.92 Å². The number of halogens is 4. The van der Waals surface area contributed by atoms with E-state index in [2.05, 4.69) is 0 Å². The number of rotatable bonds is 9. The first-order valence-corrected chi connectivity index (χ1v) is 12.8. The van der Waals surface area contributed by atoms with Crippen LogP contribution in [0.4, 0.5) is 13.6 Å². The van der Waals surface area contributed by atoms with Crippen molar-refractivity contribution in [3.05, 3.63) is 17.2 Å². The summed E-state index contributed by atoms with van der Waals surface area (Å²) in [5.41, 5.74) is -1.40. The summed E-state index contributed by atoms with van der Waals surface area (Å²) in [5.74, 6) is -3.20. The monoisotopic (exact) mass is 533 g/mol. The van der Waals surface area contributed by atoms with Crippen LogP contribution in [0.5, 0.6) is 11.5 Å². The third kappa shape index (κ3) is 4.85. The van der Waals surface area contributed by atoms with E-state index in [1.807, 2.05) is 0 Å². The molecule has 0 fully saturated rings. The fourth-order valence-corrected chi connectivity index (χ4v) is 6.90. The van der Waals surface area contributed by atoms with Gasteiger partial charge in [0.1, 0.15) is 17.4 Å². The van der Waals surface area contributed by atoms with E-state index >= 15 is 8.78 Å². The summed E-state index contributed by atoms with van der Waals surface area (Å²) in [4.78, 5) is 11.8. The molecule has 0 saturated heterocycles. The van der Waals surface area contributed by atoms with E-state index < -0.39 is 49.0 Å². The van der Waals surface area contributed by atoms with Crippen molar-refractivity contribution in [3.8, 4) is 11.5 Å². The Balaban J connectivity index is 2.93. The Bertz CT molecular complexity index is 1120. The van der Waals surface area contributed by atoms with Crippen LogP contribution in [-0.2, 0) is 16.4 Å². The van der Waals surface area contributed by atoms with E-state index in [9.17, 15) is 18.3 Å². The lowest BCUT2D eigenvalue weighted by atomic mass is 10.1. The van der Waals surface area contributed by atoms with Gasteiger partial charge in [0.25, 0.3) is 10.0 Å². The molecule has 2 aromatic rings. The minimum Gasteiger partial charge on any atom is -0.486 e. The highest BCUT2D eigenvalue weighted by molar-refractivity contribution is 7.92. The highest BCUT2D eigenvalue weighted by atomic mass is 35.5. The number of hydrogen-bond acceptors (Lipinski definition) is 6. The van der Waals surface area contributed by atoms with Crippen molar-refractivity contribution in [1.29, 1.82) is 0 Å². The van der Waals surface area contributed by atoms with Crippen molar-refractivity contribution in [3.63, 3.8) is 0 Å². The third-order valence-corrected chi connectivity index (χ3v) is 8.36. The molecule has 1 amide bonds. The highest BCUT2D eigenvalue weighted by Gasteiger charge is 2.42. The smallest absolute Gasteiger partial charge is 0.421 e. The summed E-state index contributed by atoms with van der Waals surface area (Å²) >= 11 is 11.6. The number of aryl methyl sites for hydroxylation is 1. The largest absolute Gasteiger partial charge is 0.486 e. The molecule has 0 spiro atoms. The van der Waals surface area contributed by atoms with Crippen LogP contribution >= 0.6 is 34.5 Å². The lowest BCUT2D eigenvalue weighted by Crippen LogP contribution is -2.48. The van der Waals surface area contributed by atoms with Crippen LogP contribution in [0.15, 0.2) is 4.21 Å². The maximum atomic E-state index is 15.5. The molecule has 1 aromatic heterocycles. The second-order valence-corrected chi connectivity index (χ2v) is 11.3. The Hall–Kier alpha value is -1.56. The van der Waals surface area contributed by atoms with Crippen molar-refractivity contribution < 1.29 is 36.6 Å². The topological polar surface area (TPSA) is 93.1 Å². The molecule has 0 aliphatic rings. The molecule has 0 saturated carbocycles. The predicted molar refractivity (Wildman–Crippen MR) is 120 cm³/mol. The van der Waals surface area contributed by atoms with E-state index in [4.69, 9.17) is 32.7 Å². The number of ether oxygens (including phenoxy) is 2. The van der Waals surface area contributed by atoms with E-state index in [1.165, 1.54) is 20.8 Å². The number of carbonyl (C=O) groups is 1. The zero-order chi connectivity index (χ0) is 24.4. The fourth-order valence-electron chi connectivity index (χ4n) is 3.15. The number of thiophene rings is 1. The summed E-state index contributed by atoms with van der Waals surface area (Å²) < 4.78 is 67.6. The molecule has 32 heavy (non-hydrogen) atoms. The Labute approximate surface area is 198 Å². The van der Waals surface area contributed by atoms with Crippen molar-refractivity contribution in [2.45, 2.75) is 43.9 Å². The molecule has 2 rings (SSSR count). The number of fused-ring (bicyclic) bond motifs is 1. The zero-order valence-corrected chi connectivity index (χ0v) is 20.9. The van der Waals surface area contributed by atoms with Crippen molar-refractivity contribution in [2.75, 3.05) is 25.0 Å². The summed E-state index contributed by atoms with van der Waals surface area (Å²) in [6, 6.07) is 0. The van der Waals surface area contributed by atoms with Crippen LogP contribution in [0, 0.1) is 11.6 Å². The standard InChI is InChI=1S/C19H23Cl2F2NO6S2/c1-5-10-11-12(22)14(29-8-6-20)15(30-9-7-21)13(23)16(11)31-17(10)32(27,28)24(18(25)26)19(2,3)4/h5-9H2,1-4H3,(H,25,26). The number of benzene rings is 1. The lowest BCUT2D eigenvalue weighted by Gasteiger charge is -2.31. The summed E-state index contributed by atoms with van der Waals surface area (Å²) in [5, 5.41) is 9.26. The molecular formula is C19H23Cl2F2NO6S2. The average Bonchev–Trinajstić information content (AvgIpc) is 3.08. The third-order valence-electron chi connectivity index (χ3n) is 4.25. The first kappa shape index (κ1) is 26.7. The predicted octanol–water partition coefficient (Wildman–Crippen LogP) is 5.44. The Kier molecular flexibility index (Phi) is 8.46. The number of alkyl halides is 2. The Morgan fingerprint density at radius 1 is 1.09 bits per heavy atom. The molecule has 0 bridgehead atoms. The first-order chi connectivity index (χ1) is 14.8. The minimum absolute atomic E-state index is 0.0145. The second kappa shape index (κ2) is 10.1.